The highest BCUT2D eigenvalue weighted by molar-refractivity contribution is 6.16. The Hall–Kier alpha value is -4.77. The van der Waals surface area contributed by atoms with E-state index in [-0.39, 0.29) is 6.17 Å². The summed E-state index contributed by atoms with van der Waals surface area (Å²) in [5, 5.41) is 3.52. The number of hydrogen-bond donors (Lipinski definition) is 2. The fourth-order valence-corrected chi connectivity index (χ4v) is 4.42. The minimum atomic E-state index is -0.375. The summed E-state index contributed by atoms with van der Waals surface area (Å²) >= 11 is 0. The van der Waals surface area contributed by atoms with Crippen molar-refractivity contribution in [2.75, 3.05) is 0 Å². The normalized spacial score (nSPS) is 15.7. The minimum Gasteiger partial charge on any atom is -0.398 e. The van der Waals surface area contributed by atoms with Crippen LogP contribution in [0.4, 0.5) is 0 Å². The highest BCUT2D eigenvalue weighted by atomic mass is 15.2. The number of amidine groups is 2. The average molecular weight is 498 g/mol. The van der Waals surface area contributed by atoms with Crippen molar-refractivity contribution in [2.45, 2.75) is 26.9 Å². The number of aliphatic imine (C=N–C) groups is 2. The van der Waals surface area contributed by atoms with Gasteiger partial charge in [-0.2, -0.15) is 0 Å². The van der Waals surface area contributed by atoms with Crippen LogP contribution in [0.15, 0.2) is 119 Å². The first-order chi connectivity index (χ1) is 18.5. The topological polar surface area (TPSA) is 75.7 Å². The average Bonchev–Trinajstić information content (AvgIpc) is 2.96. The predicted molar refractivity (Wildman–Crippen MR) is 158 cm³/mol. The van der Waals surface area contributed by atoms with E-state index in [0.717, 1.165) is 45.2 Å². The molecule has 1 aliphatic rings. The Bertz CT molecular complexity index is 1580. The molecular formula is C33H31N5. The van der Waals surface area contributed by atoms with Crippen LogP contribution in [0, 0.1) is 13.8 Å². The highest BCUT2D eigenvalue weighted by Crippen LogP contribution is 2.28. The van der Waals surface area contributed by atoms with E-state index in [1.54, 1.807) is 6.20 Å². The van der Waals surface area contributed by atoms with Gasteiger partial charge in [0.2, 0.25) is 0 Å². The fourth-order valence-electron chi connectivity index (χ4n) is 4.42. The third kappa shape index (κ3) is 5.62. The molecule has 188 valence electrons. The van der Waals surface area contributed by atoms with Crippen molar-refractivity contribution < 1.29 is 0 Å². The molecule has 1 atom stereocenters. The van der Waals surface area contributed by atoms with Crippen molar-refractivity contribution in [3.05, 3.63) is 143 Å². The number of nitrogens with two attached hydrogens (primary N) is 1. The summed E-state index contributed by atoms with van der Waals surface area (Å²) in [6.07, 6.45) is 7.23. The van der Waals surface area contributed by atoms with E-state index in [0.29, 0.717) is 5.70 Å². The first-order valence-electron chi connectivity index (χ1n) is 12.7. The molecule has 1 aromatic heterocycles. The molecule has 0 radical (unpaired) electrons. The Balaban J connectivity index is 1.66. The maximum absolute atomic E-state index is 6.50. The van der Waals surface area contributed by atoms with Gasteiger partial charge in [0, 0.05) is 28.6 Å². The summed E-state index contributed by atoms with van der Waals surface area (Å²) in [7, 11) is 0. The van der Waals surface area contributed by atoms with E-state index < -0.39 is 0 Å². The van der Waals surface area contributed by atoms with Crippen LogP contribution in [-0.4, -0.2) is 16.7 Å². The Labute approximate surface area is 224 Å². The number of aryl methyl sites for hydroxylation is 2. The molecule has 0 bridgehead atoms. The Kier molecular flexibility index (Phi) is 7.27. The fraction of sp³-hybridized carbons (Fsp3) is 0.121. The number of pyridine rings is 1. The summed E-state index contributed by atoms with van der Waals surface area (Å²) in [5.41, 5.74) is 15.2. The van der Waals surface area contributed by atoms with Gasteiger partial charge in [0.25, 0.3) is 0 Å². The first-order valence-corrected chi connectivity index (χ1v) is 12.7. The first kappa shape index (κ1) is 24.9. The monoisotopic (exact) mass is 497 g/mol. The Morgan fingerprint density at radius 3 is 2.24 bits per heavy atom. The molecule has 5 rings (SSSR count). The lowest BCUT2D eigenvalue weighted by molar-refractivity contribution is 0.755. The second kappa shape index (κ2) is 11.1. The molecule has 38 heavy (non-hydrogen) atoms. The third-order valence-corrected chi connectivity index (χ3v) is 6.34. The molecule has 0 fully saturated rings. The van der Waals surface area contributed by atoms with Gasteiger partial charge in [0.1, 0.15) is 11.7 Å². The summed E-state index contributed by atoms with van der Waals surface area (Å²) in [4.78, 5) is 14.7. The zero-order chi connectivity index (χ0) is 26.5. The van der Waals surface area contributed by atoms with E-state index in [1.807, 2.05) is 43.4 Å². The molecule has 0 saturated carbocycles. The second-order valence-electron chi connectivity index (χ2n) is 9.40. The van der Waals surface area contributed by atoms with Crippen LogP contribution >= 0.6 is 0 Å². The number of rotatable bonds is 6. The number of aromatic nitrogens is 1. The quantitative estimate of drug-likeness (QED) is 0.290. The summed E-state index contributed by atoms with van der Waals surface area (Å²) in [6.45, 7) is 6.14. The van der Waals surface area contributed by atoms with Crippen LogP contribution in [0.25, 0.3) is 17.0 Å². The lowest BCUT2D eigenvalue weighted by atomic mass is 9.99. The smallest absolute Gasteiger partial charge is 0.169 e. The van der Waals surface area contributed by atoms with Gasteiger partial charge < -0.3 is 11.1 Å². The highest BCUT2D eigenvalue weighted by Gasteiger charge is 2.22. The van der Waals surface area contributed by atoms with E-state index >= 15 is 0 Å². The molecule has 5 nitrogen and oxygen atoms in total. The molecule has 2 heterocycles. The van der Waals surface area contributed by atoms with Gasteiger partial charge in [-0.1, -0.05) is 71.8 Å². The largest absolute Gasteiger partial charge is 0.398 e. The van der Waals surface area contributed by atoms with Crippen LogP contribution in [0.3, 0.4) is 0 Å². The molecule has 1 unspecified atom stereocenters. The molecular weight excluding hydrogens is 466 g/mol. The minimum absolute atomic E-state index is 0.375. The van der Waals surface area contributed by atoms with Gasteiger partial charge in [-0.3, -0.25) is 4.98 Å². The van der Waals surface area contributed by atoms with Gasteiger partial charge in [-0.05, 0) is 74.4 Å². The van der Waals surface area contributed by atoms with E-state index in [4.69, 9.17) is 15.7 Å². The van der Waals surface area contributed by atoms with Crippen molar-refractivity contribution in [1.29, 1.82) is 0 Å². The SMILES string of the molecule is C/C=C\C=C(/N)c1cc(C2=NC(c3cccc(C)c3)N=C(c3cccc(C)c3)N2)cc(-c2ccccn2)c1. The van der Waals surface area contributed by atoms with E-state index in [1.165, 1.54) is 11.1 Å². The maximum Gasteiger partial charge on any atom is 0.169 e. The Morgan fingerprint density at radius 2 is 1.53 bits per heavy atom. The van der Waals surface area contributed by atoms with Crippen LogP contribution in [-0.2, 0) is 0 Å². The van der Waals surface area contributed by atoms with Gasteiger partial charge in [0.15, 0.2) is 6.17 Å². The van der Waals surface area contributed by atoms with Gasteiger partial charge in [-0.25, -0.2) is 9.98 Å². The zero-order valence-corrected chi connectivity index (χ0v) is 21.9. The number of benzene rings is 3. The molecule has 0 aliphatic carbocycles. The molecule has 4 aromatic rings. The summed E-state index contributed by atoms with van der Waals surface area (Å²) in [6, 6.07) is 28.8. The molecule has 0 spiro atoms. The van der Waals surface area contributed by atoms with E-state index in [9.17, 15) is 0 Å². The number of allylic oxidation sites excluding steroid dienone is 3. The molecule has 3 N–H and O–H groups in total. The predicted octanol–water partition coefficient (Wildman–Crippen LogP) is 6.74. The lowest BCUT2D eigenvalue weighted by Gasteiger charge is -2.23. The molecule has 3 aromatic carbocycles. The molecule has 1 aliphatic heterocycles. The van der Waals surface area contributed by atoms with Crippen molar-refractivity contribution in [1.82, 2.24) is 10.3 Å². The molecule has 0 saturated heterocycles. The van der Waals surface area contributed by atoms with Crippen LogP contribution in [0.2, 0.25) is 0 Å². The lowest BCUT2D eigenvalue weighted by Crippen LogP contribution is -2.36. The van der Waals surface area contributed by atoms with Crippen molar-refractivity contribution in [3.63, 3.8) is 0 Å². The third-order valence-electron chi connectivity index (χ3n) is 6.34. The van der Waals surface area contributed by atoms with Crippen molar-refractivity contribution >= 4 is 17.4 Å². The van der Waals surface area contributed by atoms with E-state index in [2.05, 4.69) is 90.9 Å². The number of hydrogen-bond acceptors (Lipinski definition) is 5. The number of nitrogens with one attached hydrogen (secondary N) is 1. The van der Waals surface area contributed by atoms with Crippen LogP contribution in [0.5, 0.6) is 0 Å². The van der Waals surface area contributed by atoms with Gasteiger partial charge >= 0.3 is 0 Å². The summed E-state index contributed by atoms with van der Waals surface area (Å²) < 4.78 is 0. The Morgan fingerprint density at radius 1 is 0.789 bits per heavy atom. The molecule has 0 amide bonds. The van der Waals surface area contributed by atoms with Crippen molar-refractivity contribution in [3.8, 4) is 11.3 Å². The zero-order valence-electron chi connectivity index (χ0n) is 21.9. The second-order valence-corrected chi connectivity index (χ2v) is 9.40. The van der Waals surface area contributed by atoms with Crippen LogP contribution in [0.1, 0.15) is 46.5 Å². The van der Waals surface area contributed by atoms with Gasteiger partial charge in [0.05, 0.1) is 5.69 Å². The maximum atomic E-state index is 6.50. The summed E-state index contributed by atoms with van der Waals surface area (Å²) in [5.74, 6) is 1.52. The molecule has 5 heteroatoms. The standard InChI is InChI=1S/C33H31N5/c1-4-5-14-29(34)26-19-27(30-15-6-7-16-35-30)21-28(20-26)33-37-31(24-12-8-10-22(2)17-24)36-32(38-33)25-13-9-11-23(3)18-25/h4-21,31H,34H2,1-3H3,(H,36,37,38)/b5-4-,29-14-. The van der Waals surface area contributed by atoms with Crippen molar-refractivity contribution in [2.24, 2.45) is 15.7 Å². The van der Waals surface area contributed by atoms with Crippen LogP contribution < -0.4 is 11.1 Å². The number of nitrogens with zero attached hydrogens (tertiary/aromatic N) is 3. The van der Waals surface area contributed by atoms with Gasteiger partial charge in [-0.15, -0.1) is 0 Å².